The van der Waals surface area contributed by atoms with Crippen LogP contribution in [0, 0.1) is 0 Å². The van der Waals surface area contributed by atoms with Crippen LogP contribution in [0.3, 0.4) is 0 Å². The van der Waals surface area contributed by atoms with Crippen LogP contribution in [0.5, 0.6) is 5.75 Å². The first-order valence-electron chi connectivity index (χ1n) is 7.44. The first-order chi connectivity index (χ1) is 10.8. The summed E-state index contributed by atoms with van der Waals surface area (Å²) in [6.07, 6.45) is 0.755. The van der Waals surface area contributed by atoms with Gasteiger partial charge in [0.15, 0.2) is 6.10 Å². The van der Waals surface area contributed by atoms with E-state index in [2.05, 4.69) is 0 Å². The number of likely N-dealkylation sites (N-methyl/N-ethyl adjacent to an activating group) is 1. The molecule has 2 atom stereocenters. The summed E-state index contributed by atoms with van der Waals surface area (Å²) < 4.78 is 5.66. The predicted octanol–water partition coefficient (Wildman–Crippen LogP) is 2.84. The second kappa shape index (κ2) is 7.41. The third kappa shape index (κ3) is 4.09. The average Bonchev–Trinajstić information content (AvgIpc) is 2.97. The van der Waals surface area contributed by atoms with Crippen molar-refractivity contribution in [3.05, 3.63) is 28.2 Å². The predicted molar refractivity (Wildman–Crippen MR) is 90.0 cm³/mol. The number of amides is 2. The number of ether oxygens (including phenoxy) is 1. The first kappa shape index (κ1) is 17.9. The number of carbonyl (C=O) groups is 2. The molecule has 0 aromatic heterocycles. The molecule has 0 spiro atoms. The number of benzene rings is 1. The number of carbonyl (C=O) groups excluding carboxylic acids is 2. The van der Waals surface area contributed by atoms with E-state index in [0.29, 0.717) is 28.8 Å². The molecule has 2 rings (SSSR count). The maximum absolute atomic E-state index is 12.6. The first-order valence-corrected chi connectivity index (χ1v) is 8.20. The van der Waals surface area contributed by atoms with Crippen LogP contribution in [-0.4, -0.2) is 54.4 Å². The van der Waals surface area contributed by atoms with Gasteiger partial charge in [-0.25, -0.2) is 0 Å². The summed E-state index contributed by atoms with van der Waals surface area (Å²) in [5.41, 5.74) is 0. The maximum atomic E-state index is 12.6. The molecule has 0 N–H and O–H groups in total. The van der Waals surface area contributed by atoms with E-state index in [1.807, 2.05) is 0 Å². The van der Waals surface area contributed by atoms with E-state index in [9.17, 15) is 9.59 Å². The van der Waals surface area contributed by atoms with Crippen molar-refractivity contribution >= 4 is 35.0 Å². The molecule has 0 aliphatic carbocycles. The number of halogens is 2. The van der Waals surface area contributed by atoms with Gasteiger partial charge in [-0.2, -0.15) is 0 Å². The Labute approximate surface area is 146 Å². The van der Waals surface area contributed by atoms with Crippen molar-refractivity contribution in [2.75, 3.05) is 20.6 Å². The third-order valence-electron chi connectivity index (χ3n) is 3.81. The van der Waals surface area contributed by atoms with Crippen molar-refractivity contribution in [2.24, 2.45) is 0 Å². The van der Waals surface area contributed by atoms with E-state index < -0.39 is 12.1 Å². The molecular formula is C16H20Cl2N2O3. The van der Waals surface area contributed by atoms with E-state index in [4.69, 9.17) is 27.9 Å². The van der Waals surface area contributed by atoms with Crippen LogP contribution in [0.1, 0.15) is 19.8 Å². The van der Waals surface area contributed by atoms with E-state index in [1.165, 1.54) is 4.90 Å². The largest absolute Gasteiger partial charge is 0.479 e. The third-order valence-corrected chi connectivity index (χ3v) is 4.34. The minimum absolute atomic E-state index is 0.0624. The molecule has 0 radical (unpaired) electrons. The molecule has 2 amide bonds. The lowest BCUT2D eigenvalue weighted by Crippen LogP contribution is -2.49. The van der Waals surface area contributed by atoms with Crippen LogP contribution in [0.4, 0.5) is 0 Å². The minimum atomic E-state index is -0.732. The molecule has 126 valence electrons. The quantitative estimate of drug-likeness (QED) is 0.831. The Hall–Kier alpha value is -1.46. The van der Waals surface area contributed by atoms with Crippen LogP contribution >= 0.6 is 23.2 Å². The standard InChI is InChI=1S/C16H20Cl2N2O3/c1-10(23-14-7-6-11(17)9-12(14)18)15(21)20-8-4-5-13(20)16(22)19(2)3/h6-7,9-10,13H,4-5,8H2,1-3H3. The molecule has 0 bridgehead atoms. The highest BCUT2D eigenvalue weighted by Gasteiger charge is 2.37. The molecule has 7 heteroatoms. The Kier molecular flexibility index (Phi) is 5.76. The summed E-state index contributed by atoms with van der Waals surface area (Å²) >= 11 is 11.9. The summed E-state index contributed by atoms with van der Waals surface area (Å²) in [7, 11) is 3.38. The Morgan fingerprint density at radius 3 is 2.65 bits per heavy atom. The van der Waals surface area contributed by atoms with Gasteiger partial charge in [-0.1, -0.05) is 23.2 Å². The Balaban J connectivity index is 2.08. The van der Waals surface area contributed by atoms with Gasteiger partial charge in [0, 0.05) is 25.7 Å². The Morgan fingerprint density at radius 2 is 2.04 bits per heavy atom. The molecule has 1 aliphatic rings. The zero-order chi connectivity index (χ0) is 17.1. The van der Waals surface area contributed by atoms with Gasteiger partial charge in [0.2, 0.25) is 5.91 Å². The SMILES string of the molecule is CC(Oc1ccc(Cl)cc1Cl)C(=O)N1CCCC1C(=O)N(C)C. The topological polar surface area (TPSA) is 49.9 Å². The lowest BCUT2D eigenvalue weighted by atomic mass is 10.2. The van der Waals surface area contributed by atoms with E-state index in [1.54, 1.807) is 44.1 Å². The molecule has 2 unspecified atom stereocenters. The van der Waals surface area contributed by atoms with Crippen LogP contribution in [0.2, 0.25) is 10.0 Å². The van der Waals surface area contributed by atoms with Crippen LogP contribution in [0.15, 0.2) is 18.2 Å². The van der Waals surface area contributed by atoms with Gasteiger partial charge in [-0.3, -0.25) is 9.59 Å². The highest BCUT2D eigenvalue weighted by molar-refractivity contribution is 6.35. The monoisotopic (exact) mass is 358 g/mol. The Morgan fingerprint density at radius 1 is 1.35 bits per heavy atom. The van der Waals surface area contributed by atoms with Gasteiger partial charge in [0.05, 0.1) is 5.02 Å². The zero-order valence-electron chi connectivity index (χ0n) is 13.4. The highest BCUT2D eigenvalue weighted by atomic mass is 35.5. The lowest BCUT2D eigenvalue weighted by molar-refractivity contribution is -0.146. The molecule has 23 heavy (non-hydrogen) atoms. The van der Waals surface area contributed by atoms with Crippen LogP contribution < -0.4 is 4.74 Å². The van der Waals surface area contributed by atoms with Crippen molar-refractivity contribution in [3.8, 4) is 5.75 Å². The van der Waals surface area contributed by atoms with Gasteiger partial charge in [-0.15, -0.1) is 0 Å². The van der Waals surface area contributed by atoms with Crippen LogP contribution in [0.25, 0.3) is 0 Å². The second-order valence-electron chi connectivity index (χ2n) is 5.76. The van der Waals surface area contributed by atoms with Crippen molar-refractivity contribution < 1.29 is 14.3 Å². The van der Waals surface area contributed by atoms with Crippen molar-refractivity contribution in [1.29, 1.82) is 0 Å². The van der Waals surface area contributed by atoms with E-state index in [0.717, 1.165) is 6.42 Å². The molecule has 5 nitrogen and oxygen atoms in total. The number of likely N-dealkylation sites (tertiary alicyclic amines) is 1. The van der Waals surface area contributed by atoms with Gasteiger partial charge in [0.25, 0.3) is 5.91 Å². The fourth-order valence-electron chi connectivity index (χ4n) is 2.63. The number of hydrogen-bond donors (Lipinski definition) is 0. The van der Waals surface area contributed by atoms with Gasteiger partial charge in [-0.05, 0) is 38.0 Å². The summed E-state index contributed by atoms with van der Waals surface area (Å²) in [5, 5.41) is 0.844. The van der Waals surface area contributed by atoms with Crippen molar-refractivity contribution in [1.82, 2.24) is 9.80 Å². The molecule has 1 saturated heterocycles. The summed E-state index contributed by atoms with van der Waals surface area (Å²) in [5.74, 6) is 0.118. The van der Waals surface area contributed by atoms with E-state index in [-0.39, 0.29) is 11.8 Å². The van der Waals surface area contributed by atoms with E-state index >= 15 is 0 Å². The zero-order valence-corrected chi connectivity index (χ0v) is 14.9. The van der Waals surface area contributed by atoms with Gasteiger partial charge >= 0.3 is 0 Å². The smallest absolute Gasteiger partial charge is 0.264 e. The van der Waals surface area contributed by atoms with Gasteiger partial charge in [0.1, 0.15) is 11.8 Å². The van der Waals surface area contributed by atoms with Crippen molar-refractivity contribution in [3.63, 3.8) is 0 Å². The number of rotatable bonds is 4. The Bertz CT molecular complexity index is 607. The lowest BCUT2D eigenvalue weighted by Gasteiger charge is -2.28. The fraction of sp³-hybridized carbons (Fsp3) is 0.500. The van der Waals surface area contributed by atoms with Crippen molar-refractivity contribution in [2.45, 2.75) is 31.9 Å². The van der Waals surface area contributed by atoms with Crippen LogP contribution in [-0.2, 0) is 9.59 Å². The summed E-state index contributed by atoms with van der Waals surface area (Å²) in [6, 6.07) is 4.42. The number of nitrogens with zero attached hydrogens (tertiary/aromatic N) is 2. The molecule has 0 saturated carbocycles. The summed E-state index contributed by atoms with van der Waals surface area (Å²) in [4.78, 5) is 27.9. The normalized spacial score (nSPS) is 18.7. The average molecular weight is 359 g/mol. The highest BCUT2D eigenvalue weighted by Crippen LogP contribution is 2.29. The fourth-order valence-corrected chi connectivity index (χ4v) is 3.08. The molecule has 1 aromatic rings. The molecule has 1 aromatic carbocycles. The number of hydrogen-bond acceptors (Lipinski definition) is 3. The molecular weight excluding hydrogens is 339 g/mol. The second-order valence-corrected chi connectivity index (χ2v) is 6.60. The summed E-state index contributed by atoms with van der Waals surface area (Å²) in [6.45, 7) is 2.22. The molecule has 1 fully saturated rings. The maximum Gasteiger partial charge on any atom is 0.264 e. The van der Waals surface area contributed by atoms with Gasteiger partial charge < -0.3 is 14.5 Å². The molecule has 1 aliphatic heterocycles. The minimum Gasteiger partial charge on any atom is -0.479 e. The molecule has 1 heterocycles.